The van der Waals surface area contributed by atoms with Gasteiger partial charge in [0.1, 0.15) is 0 Å². The molecule has 0 atom stereocenters. The van der Waals surface area contributed by atoms with E-state index in [0.29, 0.717) is 5.56 Å². The van der Waals surface area contributed by atoms with Crippen LogP contribution in [0.25, 0.3) is 0 Å². The Morgan fingerprint density at radius 2 is 2.12 bits per heavy atom. The molecule has 1 aliphatic rings. The van der Waals surface area contributed by atoms with Crippen LogP contribution in [0.4, 0.5) is 11.4 Å². The Labute approximate surface area is 96.7 Å². The van der Waals surface area contributed by atoms with Crippen LogP contribution in [-0.2, 0) is 0 Å². The predicted octanol–water partition coefficient (Wildman–Crippen LogP) is 2.59. The average molecular weight is 215 g/mol. The number of hydrogen-bond donors (Lipinski definition) is 1. The molecule has 1 aromatic rings. The van der Waals surface area contributed by atoms with E-state index in [1.54, 1.807) is 0 Å². The third-order valence-corrected chi connectivity index (χ3v) is 2.88. The van der Waals surface area contributed by atoms with E-state index >= 15 is 0 Å². The van der Waals surface area contributed by atoms with Crippen molar-refractivity contribution in [3.8, 4) is 6.07 Å². The second-order valence-corrected chi connectivity index (χ2v) is 5.09. The largest absolute Gasteiger partial charge is 0.382 e. The molecule has 0 aliphatic carbocycles. The molecular formula is C13H17N3. The minimum atomic E-state index is 0.116. The molecule has 16 heavy (non-hydrogen) atoms. The lowest BCUT2D eigenvalue weighted by Gasteiger charge is -2.42. The van der Waals surface area contributed by atoms with Gasteiger partial charge in [0, 0.05) is 18.6 Å². The Morgan fingerprint density at radius 1 is 1.38 bits per heavy atom. The van der Waals surface area contributed by atoms with Crippen LogP contribution in [0.5, 0.6) is 0 Å². The highest BCUT2D eigenvalue weighted by Gasteiger charge is 2.26. The monoisotopic (exact) mass is 215 g/mol. The average Bonchev–Trinajstić information content (AvgIpc) is 2.26. The number of hydrogen-bond acceptors (Lipinski definition) is 3. The van der Waals surface area contributed by atoms with Gasteiger partial charge in [0.05, 0.1) is 23.0 Å². The fourth-order valence-corrected chi connectivity index (χ4v) is 2.10. The molecule has 0 bridgehead atoms. The van der Waals surface area contributed by atoms with Crippen LogP contribution >= 0.6 is 0 Å². The third-order valence-electron chi connectivity index (χ3n) is 2.88. The lowest BCUT2D eigenvalue weighted by molar-refractivity contribution is 0.505. The van der Waals surface area contributed by atoms with Crippen molar-refractivity contribution >= 4 is 11.4 Å². The molecule has 0 radical (unpaired) electrons. The molecule has 84 valence electrons. The summed E-state index contributed by atoms with van der Waals surface area (Å²) in [4.78, 5) is 2.37. The van der Waals surface area contributed by atoms with Crippen molar-refractivity contribution in [1.82, 2.24) is 0 Å². The van der Waals surface area contributed by atoms with Gasteiger partial charge in [-0.05, 0) is 39.0 Å². The highest BCUT2D eigenvalue weighted by atomic mass is 15.2. The molecule has 3 nitrogen and oxygen atoms in total. The zero-order valence-corrected chi connectivity index (χ0v) is 10.0. The number of benzene rings is 1. The number of rotatable bonds is 0. The molecule has 1 heterocycles. The smallest absolute Gasteiger partial charge is 0.0992 e. The van der Waals surface area contributed by atoms with E-state index in [1.807, 2.05) is 18.2 Å². The summed E-state index contributed by atoms with van der Waals surface area (Å²) in [5.74, 6) is 0. The lowest BCUT2D eigenvalue weighted by Crippen LogP contribution is -2.46. The van der Waals surface area contributed by atoms with Gasteiger partial charge in [0.15, 0.2) is 0 Å². The maximum atomic E-state index is 8.87. The maximum absolute atomic E-state index is 8.87. The molecule has 1 N–H and O–H groups in total. The van der Waals surface area contributed by atoms with Gasteiger partial charge in [-0.3, -0.25) is 0 Å². The predicted molar refractivity (Wildman–Crippen MR) is 66.7 cm³/mol. The summed E-state index contributed by atoms with van der Waals surface area (Å²) in [5.41, 5.74) is 3.09. The van der Waals surface area contributed by atoms with Crippen LogP contribution in [-0.4, -0.2) is 18.6 Å². The van der Waals surface area contributed by atoms with E-state index in [-0.39, 0.29) is 5.54 Å². The second kappa shape index (κ2) is 3.71. The van der Waals surface area contributed by atoms with Gasteiger partial charge < -0.3 is 10.2 Å². The van der Waals surface area contributed by atoms with E-state index in [0.717, 1.165) is 18.8 Å². The van der Waals surface area contributed by atoms with E-state index in [1.165, 1.54) is 5.69 Å². The van der Waals surface area contributed by atoms with Gasteiger partial charge >= 0.3 is 0 Å². The summed E-state index contributed by atoms with van der Waals surface area (Å²) in [6.45, 7) is 8.56. The Balaban J connectivity index is 2.45. The van der Waals surface area contributed by atoms with Crippen LogP contribution in [0.1, 0.15) is 26.3 Å². The van der Waals surface area contributed by atoms with Gasteiger partial charge in [-0.15, -0.1) is 0 Å². The van der Waals surface area contributed by atoms with Crippen molar-refractivity contribution in [2.24, 2.45) is 0 Å². The number of nitrogens with one attached hydrogen (secondary N) is 1. The molecule has 0 unspecified atom stereocenters. The fourth-order valence-electron chi connectivity index (χ4n) is 2.10. The Bertz CT molecular complexity index is 437. The standard InChI is InChI=1S/C13H17N3/c1-13(2,3)16-7-6-15-11-8-10(9-14)4-5-12(11)16/h4-5,8,15H,6-7H2,1-3H3. The first kappa shape index (κ1) is 10.8. The van der Waals surface area contributed by atoms with E-state index in [4.69, 9.17) is 5.26 Å². The first-order chi connectivity index (χ1) is 7.52. The SMILES string of the molecule is CC(C)(C)N1CCNc2cc(C#N)ccc21. The van der Waals surface area contributed by atoms with Crippen LogP contribution in [0.2, 0.25) is 0 Å². The summed E-state index contributed by atoms with van der Waals surface area (Å²) in [6.07, 6.45) is 0. The van der Waals surface area contributed by atoms with Crippen molar-refractivity contribution in [2.75, 3.05) is 23.3 Å². The quantitative estimate of drug-likeness (QED) is 0.723. The normalized spacial score (nSPS) is 15.0. The zero-order chi connectivity index (χ0) is 11.8. The first-order valence-corrected chi connectivity index (χ1v) is 5.58. The molecule has 3 heteroatoms. The molecule has 0 fully saturated rings. The van der Waals surface area contributed by atoms with Crippen LogP contribution in [0, 0.1) is 11.3 Å². The van der Waals surface area contributed by atoms with Crippen molar-refractivity contribution < 1.29 is 0 Å². The maximum Gasteiger partial charge on any atom is 0.0992 e. The number of fused-ring (bicyclic) bond motifs is 1. The Morgan fingerprint density at radius 3 is 2.75 bits per heavy atom. The topological polar surface area (TPSA) is 39.1 Å². The van der Waals surface area contributed by atoms with Crippen molar-refractivity contribution in [2.45, 2.75) is 26.3 Å². The first-order valence-electron chi connectivity index (χ1n) is 5.58. The molecule has 0 saturated carbocycles. The molecule has 0 aromatic heterocycles. The molecule has 2 rings (SSSR count). The summed E-state index contributed by atoms with van der Waals surface area (Å²) >= 11 is 0. The van der Waals surface area contributed by atoms with Gasteiger partial charge in [-0.1, -0.05) is 0 Å². The van der Waals surface area contributed by atoms with Gasteiger partial charge in [0.2, 0.25) is 0 Å². The zero-order valence-electron chi connectivity index (χ0n) is 10.0. The van der Waals surface area contributed by atoms with E-state index in [9.17, 15) is 0 Å². The highest BCUT2D eigenvalue weighted by molar-refractivity contribution is 5.74. The van der Waals surface area contributed by atoms with Gasteiger partial charge in [-0.25, -0.2) is 0 Å². The number of nitriles is 1. The fraction of sp³-hybridized carbons (Fsp3) is 0.462. The molecule has 0 spiro atoms. The van der Waals surface area contributed by atoms with Gasteiger partial charge in [0.25, 0.3) is 0 Å². The molecule has 1 aliphatic heterocycles. The summed E-state index contributed by atoms with van der Waals surface area (Å²) in [7, 11) is 0. The summed E-state index contributed by atoms with van der Waals surface area (Å²) in [5, 5.41) is 12.2. The second-order valence-electron chi connectivity index (χ2n) is 5.09. The number of anilines is 2. The van der Waals surface area contributed by atoms with E-state index < -0.39 is 0 Å². The van der Waals surface area contributed by atoms with Crippen molar-refractivity contribution in [3.05, 3.63) is 23.8 Å². The van der Waals surface area contributed by atoms with Crippen LogP contribution in [0.15, 0.2) is 18.2 Å². The molecule has 0 amide bonds. The minimum absolute atomic E-state index is 0.116. The van der Waals surface area contributed by atoms with E-state index in [2.05, 4.69) is 37.1 Å². The summed E-state index contributed by atoms with van der Waals surface area (Å²) in [6, 6.07) is 8.01. The number of nitrogens with zero attached hydrogens (tertiary/aromatic N) is 2. The van der Waals surface area contributed by atoms with Gasteiger partial charge in [-0.2, -0.15) is 5.26 Å². The highest BCUT2D eigenvalue weighted by Crippen LogP contribution is 2.34. The summed E-state index contributed by atoms with van der Waals surface area (Å²) < 4.78 is 0. The van der Waals surface area contributed by atoms with Crippen molar-refractivity contribution in [1.29, 1.82) is 5.26 Å². The molecule has 1 aromatic carbocycles. The molecule has 0 saturated heterocycles. The molecular weight excluding hydrogens is 198 g/mol. The lowest BCUT2D eigenvalue weighted by atomic mass is 10.0. The van der Waals surface area contributed by atoms with Crippen LogP contribution in [0.3, 0.4) is 0 Å². The third kappa shape index (κ3) is 1.83. The Kier molecular flexibility index (Phi) is 2.51. The minimum Gasteiger partial charge on any atom is -0.382 e. The van der Waals surface area contributed by atoms with Crippen LogP contribution < -0.4 is 10.2 Å². The van der Waals surface area contributed by atoms with Crippen molar-refractivity contribution in [3.63, 3.8) is 0 Å². The Hall–Kier alpha value is -1.69.